The summed E-state index contributed by atoms with van der Waals surface area (Å²) in [6.07, 6.45) is 1.63. The Balaban J connectivity index is 1.86. The number of para-hydroxylation sites is 1. The lowest BCUT2D eigenvalue weighted by Crippen LogP contribution is -2.32. The summed E-state index contributed by atoms with van der Waals surface area (Å²) in [5.74, 6) is 0.0928. The summed E-state index contributed by atoms with van der Waals surface area (Å²) < 4.78 is 0. The third-order valence-corrected chi connectivity index (χ3v) is 5.01. The summed E-state index contributed by atoms with van der Waals surface area (Å²) in [5, 5.41) is 8.93. The minimum atomic E-state index is -0.494. The van der Waals surface area contributed by atoms with Gasteiger partial charge in [-0.1, -0.05) is 30.3 Å². The fourth-order valence-corrected chi connectivity index (χ4v) is 3.45. The molecule has 0 aliphatic heterocycles. The topological polar surface area (TPSA) is 53.2 Å². The van der Waals surface area contributed by atoms with E-state index in [0.29, 0.717) is 5.56 Å². The number of carbonyl (C=O) groups is 1. The van der Waals surface area contributed by atoms with Gasteiger partial charge in [0.25, 0.3) is 0 Å². The van der Waals surface area contributed by atoms with Crippen molar-refractivity contribution in [1.29, 1.82) is 5.26 Å². The monoisotopic (exact) mass is 316 g/mol. The second kappa shape index (κ2) is 6.41. The third-order valence-electron chi connectivity index (χ3n) is 5.01. The van der Waals surface area contributed by atoms with Gasteiger partial charge >= 0.3 is 0 Å². The van der Waals surface area contributed by atoms with Gasteiger partial charge in [-0.25, -0.2) is 0 Å². The number of aliphatic imine (C=N–C) groups is 1. The van der Waals surface area contributed by atoms with Crippen molar-refractivity contribution in [2.24, 2.45) is 10.9 Å². The standard InChI is InChI=1S/C21H20N2O/c1-15(23-18-6-4-3-5-7-18)19-12-13-21(2,20(19)24)17-10-8-16(14-22)9-11-17/h3-11,19H,12-13H2,1-2H3. The van der Waals surface area contributed by atoms with Gasteiger partial charge in [-0.05, 0) is 56.5 Å². The molecule has 1 aliphatic rings. The SMILES string of the molecule is CC(=Nc1ccccc1)C1CCC(C)(c2ccc(C#N)cc2)C1=O. The van der Waals surface area contributed by atoms with Crippen molar-refractivity contribution < 1.29 is 4.79 Å². The Hall–Kier alpha value is -2.73. The molecular weight excluding hydrogens is 296 g/mol. The molecule has 2 unspecified atom stereocenters. The number of rotatable bonds is 3. The molecule has 0 N–H and O–H groups in total. The summed E-state index contributed by atoms with van der Waals surface area (Å²) in [6, 6.07) is 19.2. The van der Waals surface area contributed by atoms with E-state index in [0.717, 1.165) is 29.8 Å². The highest BCUT2D eigenvalue weighted by molar-refractivity contribution is 6.10. The van der Waals surface area contributed by atoms with Crippen molar-refractivity contribution in [2.75, 3.05) is 0 Å². The molecule has 1 fully saturated rings. The molecule has 0 bridgehead atoms. The van der Waals surface area contributed by atoms with E-state index in [4.69, 9.17) is 5.26 Å². The van der Waals surface area contributed by atoms with Crippen LogP contribution in [0, 0.1) is 17.2 Å². The molecular formula is C21H20N2O. The van der Waals surface area contributed by atoms with Crippen LogP contribution in [0.1, 0.15) is 37.8 Å². The molecule has 24 heavy (non-hydrogen) atoms. The van der Waals surface area contributed by atoms with Gasteiger partial charge in [-0.3, -0.25) is 9.79 Å². The summed E-state index contributed by atoms with van der Waals surface area (Å²) in [4.78, 5) is 17.7. The smallest absolute Gasteiger partial charge is 0.151 e. The van der Waals surface area contributed by atoms with E-state index in [9.17, 15) is 4.79 Å². The number of carbonyl (C=O) groups excluding carboxylic acids is 1. The Morgan fingerprint density at radius 1 is 1.17 bits per heavy atom. The highest BCUT2D eigenvalue weighted by Crippen LogP contribution is 2.41. The molecule has 1 saturated carbocycles. The van der Waals surface area contributed by atoms with Gasteiger partial charge < -0.3 is 0 Å². The number of hydrogen-bond donors (Lipinski definition) is 0. The van der Waals surface area contributed by atoms with Crippen molar-refractivity contribution in [2.45, 2.75) is 32.1 Å². The van der Waals surface area contributed by atoms with Gasteiger partial charge in [0.2, 0.25) is 0 Å². The predicted molar refractivity (Wildman–Crippen MR) is 95.5 cm³/mol. The highest BCUT2D eigenvalue weighted by Gasteiger charge is 2.46. The zero-order valence-electron chi connectivity index (χ0n) is 14.0. The van der Waals surface area contributed by atoms with Crippen molar-refractivity contribution in [1.82, 2.24) is 0 Å². The minimum absolute atomic E-state index is 0.133. The van der Waals surface area contributed by atoms with E-state index < -0.39 is 5.41 Å². The Bertz CT molecular complexity index is 815. The Labute approximate surface area is 142 Å². The van der Waals surface area contributed by atoms with Gasteiger partial charge in [-0.15, -0.1) is 0 Å². The zero-order chi connectivity index (χ0) is 17.2. The van der Waals surface area contributed by atoms with E-state index in [-0.39, 0.29) is 11.7 Å². The molecule has 3 nitrogen and oxygen atoms in total. The van der Waals surface area contributed by atoms with Crippen LogP contribution in [0.15, 0.2) is 59.6 Å². The Morgan fingerprint density at radius 2 is 1.83 bits per heavy atom. The van der Waals surface area contributed by atoms with Gasteiger partial charge in [0, 0.05) is 5.71 Å². The fraction of sp³-hybridized carbons (Fsp3) is 0.286. The van der Waals surface area contributed by atoms with Crippen molar-refractivity contribution in [3.8, 4) is 6.07 Å². The van der Waals surface area contributed by atoms with Crippen LogP contribution in [-0.4, -0.2) is 11.5 Å². The summed E-state index contributed by atoms with van der Waals surface area (Å²) in [7, 11) is 0. The lowest BCUT2D eigenvalue weighted by molar-refractivity contribution is -0.123. The van der Waals surface area contributed by atoms with Crippen LogP contribution in [0.3, 0.4) is 0 Å². The molecule has 3 heteroatoms. The molecule has 0 spiro atoms. The lowest BCUT2D eigenvalue weighted by atomic mass is 9.78. The number of hydrogen-bond acceptors (Lipinski definition) is 3. The first-order valence-corrected chi connectivity index (χ1v) is 8.20. The van der Waals surface area contributed by atoms with Crippen LogP contribution in [0.25, 0.3) is 0 Å². The summed E-state index contributed by atoms with van der Waals surface area (Å²) >= 11 is 0. The quantitative estimate of drug-likeness (QED) is 0.778. The molecule has 0 amide bonds. The maximum Gasteiger partial charge on any atom is 0.151 e. The third kappa shape index (κ3) is 2.88. The second-order valence-electron chi connectivity index (χ2n) is 6.57. The highest BCUT2D eigenvalue weighted by atomic mass is 16.1. The number of nitriles is 1. The van der Waals surface area contributed by atoms with Crippen LogP contribution in [0.4, 0.5) is 5.69 Å². The Kier molecular flexibility index (Phi) is 4.31. The van der Waals surface area contributed by atoms with E-state index in [1.165, 1.54) is 0 Å². The van der Waals surface area contributed by atoms with Crippen LogP contribution in [0.2, 0.25) is 0 Å². The van der Waals surface area contributed by atoms with E-state index in [1.807, 2.05) is 56.3 Å². The lowest BCUT2D eigenvalue weighted by Gasteiger charge is -2.23. The molecule has 2 atom stereocenters. The number of Topliss-reactive ketones (excluding diaryl/α,β-unsaturated/α-hetero) is 1. The van der Waals surface area contributed by atoms with E-state index >= 15 is 0 Å². The molecule has 0 aromatic heterocycles. The Morgan fingerprint density at radius 3 is 2.46 bits per heavy atom. The predicted octanol–water partition coefficient (Wildman–Crippen LogP) is 4.59. The molecule has 0 radical (unpaired) electrons. The van der Waals surface area contributed by atoms with Gasteiger partial charge in [-0.2, -0.15) is 5.26 Å². The van der Waals surface area contributed by atoms with Gasteiger partial charge in [0.15, 0.2) is 5.78 Å². The fourth-order valence-electron chi connectivity index (χ4n) is 3.45. The molecule has 1 aliphatic carbocycles. The normalized spacial score (nSPS) is 24.0. The molecule has 0 saturated heterocycles. The molecule has 120 valence electrons. The largest absolute Gasteiger partial charge is 0.298 e. The molecule has 3 rings (SSSR count). The average Bonchev–Trinajstić information content (AvgIpc) is 2.92. The zero-order valence-corrected chi connectivity index (χ0v) is 14.0. The van der Waals surface area contributed by atoms with Gasteiger partial charge in [0.05, 0.1) is 28.7 Å². The van der Waals surface area contributed by atoms with Crippen molar-refractivity contribution >= 4 is 17.2 Å². The van der Waals surface area contributed by atoms with Crippen LogP contribution in [0.5, 0.6) is 0 Å². The minimum Gasteiger partial charge on any atom is -0.298 e. The first-order valence-electron chi connectivity index (χ1n) is 8.20. The number of ketones is 1. The first-order chi connectivity index (χ1) is 11.5. The second-order valence-corrected chi connectivity index (χ2v) is 6.57. The van der Waals surface area contributed by atoms with Crippen molar-refractivity contribution in [3.05, 3.63) is 65.7 Å². The number of nitrogens with zero attached hydrogens (tertiary/aromatic N) is 2. The van der Waals surface area contributed by atoms with Crippen molar-refractivity contribution in [3.63, 3.8) is 0 Å². The summed E-state index contributed by atoms with van der Waals surface area (Å²) in [6.45, 7) is 3.95. The maximum atomic E-state index is 13.1. The van der Waals surface area contributed by atoms with Crippen LogP contribution >= 0.6 is 0 Å². The maximum absolute atomic E-state index is 13.1. The average molecular weight is 316 g/mol. The molecule has 2 aromatic carbocycles. The first kappa shape index (κ1) is 16.1. The molecule has 2 aromatic rings. The van der Waals surface area contributed by atoms with E-state index in [1.54, 1.807) is 12.1 Å². The van der Waals surface area contributed by atoms with Gasteiger partial charge in [0.1, 0.15) is 0 Å². The molecule has 0 heterocycles. The van der Waals surface area contributed by atoms with Crippen LogP contribution in [-0.2, 0) is 10.2 Å². The van der Waals surface area contributed by atoms with Crippen LogP contribution < -0.4 is 0 Å². The van der Waals surface area contributed by atoms with E-state index in [2.05, 4.69) is 11.1 Å². The summed E-state index contributed by atoms with van der Waals surface area (Å²) in [5.41, 5.74) is 2.87. The number of benzene rings is 2.